The average molecular weight is 286 g/mol. The third-order valence-corrected chi connectivity index (χ3v) is 4.09. The first-order valence-corrected chi connectivity index (χ1v) is 7.01. The fraction of sp³-hybridized carbons (Fsp3) is 0.714. The van der Waals surface area contributed by atoms with Gasteiger partial charge in [0, 0.05) is 26.1 Å². The molecule has 0 bridgehead atoms. The predicted octanol–water partition coefficient (Wildman–Crippen LogP) is 1.57. The maximum Gasteiger partial charge on any atom is 0.260 e. The highest BCUT2D eigenvalue weighted by Gasteiger charge is 2.62. The zero-order chi connectivity index (χ0) is 14.8. The fourth-order valence-corrected chi connectivity index (χ4v) is 2.62. The third kappa shape index (κ3) is 3.55. The highest BCUT2D eigenvalue weighted by molar-refractivity contribution is 5.86. The van der Waals surface area contributed by atoms with Gasteiger partial charge in [-0.15, -0.1) is 0 Å². The lowest BCUT2D eigenvalue weighted by atomic mass is 9.93. The maximum atomic E-state index is 12.9. The van der Waals surface area contributed by atoms with Crippen LogP contribution in [-0.4, -0.2) is 42.3 Å². The van der Waals surface area contributed by atoms with E-state index in [1.165, 1.54) is 6.08 Å². The molecule has 1 saturated heterocycles. The zero-order valence-electron chi connectivity index (χ0n) is 11.4. The molecule has 1 saturated carbocycles. The molecule has 1 aliphatic heterocycles. The number of hydrogen-bond donors (Lipinski definition) is 1. The number of carbonyl (C=O) groups excluding carboxylic acids is 2. The molecule has 1 N–H and O–H groups in total. The first-order chi connectivity index (χ1) is 9.44. The van der Waals surface area contributed by atoms with Gasteiger partial charge < -0.3 is 10.2 Å². The SMILES string of the molecule is C=CC(=O)NCCC1CCN(C(=O)[C@H]2CC2(F)F)CC1. The highest BCUT2D eigenvalue weighted by atomic mass is 19.3. The predicted molar refractivity (Wildman–Crippen MR) is 70.2 cm³/mol. The normalized spacial score (nSPS) is 25.1. The van der Waals surface area contributed by atoms with Gasteiger partial charge >= 0.3 is 0 Å². The summed E-state index contributed by atoms with van der Waals surface area (Å²) in [7, 11) is 0. The topological polar surface area (TPSA) is 49.4 Å². The Hall–Kier alpha value is -1.46. The van der Waals surface area contributed by atoms with Crippen LogP contribution in [-0.2, 0) is 9.59 Å². The van der Waals surface area contributed by atoms with Gasteiger partial charge in [-0.05, 0) is 31.3 Å². The largest absolute Gasteiger partial charge is 0.353 e. The number of amides is 2. The van der Waals surface area contributed by atoms with E-state index in [9.17, 15) is 18.4 Å². The van der Waals surface area contributed by atoms with Crippen molar-refractivity contribution in [2.75, 3.05) is 19.6 Å². The Balaban J connectivity index is 1.66. The molecular formula is C14H20F2N2O2. The Morgan fingerprint density at radius 3 is 2.45 bits per heavy atom. The molecule has 0 unspecified atom stereocenters. The van der Waals surface area contributed by atoms with Crippen molar-refractivity contribution >= 4 is 11.8 Å². The van der Waals surface area contributed by atoms with Crippen molar-refractivity contribution in [2.45, 2.75) is 31.6 Å². The Bertz CT molecular complexity index is 404. The summed E-state index contributed by atoms with van der Waals surface area (Å²) in [6.07, 6.45) is 3.42. The number of alkyl halides is 2. The minimum Gasteiger partial charge on any atom is -0.353 e. The monoisotopic (exact) mass is 286 g/mol. The second kappa shape index (κ2) is 5.89. The van der Waals surface area contributed by atoms with Gasteiger partial charge in [0.1, 0.15) is 5.92 Å². The van der Waals surface area contributed by atoms with E-state index in [4.69, 9.17) is 0 Å². The van der Waals surface area contributed by atoms with Crippen molar-refractivity contribution in [2.24, 2.45) is 11.8 Å². The van der Waals surface area contributed by atoms with Crippen molar-refractivity contribution < 1.29 is 18.4 Å². The molecule has 0 aromatic heterocycles. The lowest BCUT2D eigenvalue weighted by Gasteiger charge is -2.32. The van der Waals surface area contributed by atoms with Crippen molar-refractivity contribution in [3.05, 3.63) is 12.7 Å². The first-order valence-electron chi connectivity index (χ1n) is 7.01. The van der Waals surface area contributed by atoms with Crippen LogP contribution in [0.5, 0.6) is 0 Å². The summed E-state index contributed by atoms with van der Waals surface area (Å²) in [5.74, 6) is -4.00. The van der Waals surface area contributed by atoms with Crippen molar-refractivity contribution in [3.8, 4) is 0 Å². The molecule has 6 heteroatoms. The average Bonchev–Trinajstić information content (AvgIpc) is 3.07. The molecule has 2 rings (SSSR count). The van der Waals surface area contributed by atoms with Crippen LogP contribution in [0.25, 0.3) is 0 Å². The molecule has 0 radical (unpaired) electrons. The van der Waals surface area contributed by atoms with Crippen molar-refractivity contribution in [1.82, 2.24) is 10.2 Å². The third-order valence-electron chi connectivity index (χ3n) is 4.09. The van der Waals surface area contributed by atoms with Crippen LogP contribution < -0.4 is 5.32 Å². The van der Waals surface area contributed by atoms with Gasteiger partial charge in [0.15, 0.2) is 0 Å². The Kier molecular flexibility index (Phi) is 4.40. The molecule has 1 heterocycles. The smallest absolute Gasteiger partial charge is 0.260 e. The van der Waals surface area contributed by atoms with E-state index in [1.54, 1.807) is 4.90 Å². The van der Waals surface area contributed by atoms with Crippen LogP contribution >= 0.6 is 0 Å². The maximum absolute atomic E-state index is 12.9. The highest BCUT2D eigenvalue weighted by Crippen LogP contribution is 2.49. The number of nitrogens with one attached hydrogen (secondary N) is 1. The molecule has 0 aromatic rings. The van der Waals surface area contributed by atoms with E-state index >= 15 is 0 Å². The Morgan fingerprint density at radius 1 is 1.35 bits per heavy atom. The van der Waals surface area contributed by atoms with Gasteiger partial charge in [-0.1, -0.05) is 6.58 Å². The molecule has 1 aliphatic carbocycles. The minimum atomic E-state index is -2.77. The number of nitrogens with zero attached hydrogens (tertiary/aromatic N) is 1. The minimum absolute atomic E-state index is 0.187. The summed E-state index contributed by atoms with van der Waals surface area (Å²) in [5, 5.41) is 2.72. The Morgan fingerprint density at radius 2 is 1.95 bits per heavy atom. The number of likely N-dealkylation sites (tertiary alicyclic amines) is 1. The van der Waals surface area contributed by atoms with Crippen LogP contribution in [0.1, 0.15) is 25.7 Å². The molecule has 0 aromatic carbocycles. The van der Waals surface area contributed by atoms with E-state index < -0.39 is 17.7 Å². The van der Waals surface area contributed by atoms with Crippen LogP contribution in [0, 0.1) is 11.8 Å². The van der Waals surface area contributed by atoms with Gasteiger partial charge in [-0.2, -0.15) is 0 Å². The van der Waals surface area contributed by atoms with Crippen molar-refractivity contribution in [1.29, 1.82) is 0 Å². The number of hydrogen-bond acceptors (Lipinski definition) is 2. The van der Waals surface area contributed by atoms with E-state index in [-0.39, 0.29) is 12.3 Å². The van der Waals surface area contributed by atoms with Crippen molar-refractivity contribution in [3.63, 3.8) is 0 Å². The van der Waals surface area contributed by atoms with Crippen LogP contribution in [0.4, 0.5) is 8.78 Å². The second-order valence-corrected chi connectivity index (χ2v) is 5.57. The lowest BCUT2D eigenvalue weighted by molar-refractivity contribution is -0.136. The Labute approximate surface area is 117 Å². The van der Waals surface area contributed by atoms with Gasteiger partial charge in [-0.25, -0.2) is 8.78 Å². The summed E-state index contributed by atoms with van der Waals surface area (Å²) < 4.78 is 25.7. The lowest BCUT2D eigenvalue weighted by Crippen LogP contribution is -2.40. The van der Waals surface area contributed by atoms with E-state index in [0.717, 1.165) is 19.3 Å². The van der Waals surface area contributed by atoms with E-state index in [2.05, 4.69) is 11.9 Å². The van der Waals surface area contributed by atoms with E-state index in [0.29, 0.717) is 25.6 Å². The summed E-state index contributed by atoms with van der Waals surface area (Å²) in [5.41, 5.74) is 0. The molecule has 20 heavy (non-hydrogen) atoms. The molecule has 2 aliphatic rings. The zero-order valence-corrected chi connectivity index (χ0v) is 11.4. The molecule has 2 fully saturated rings. The molecule has 4 nitrogen and oxygen atoms in total. The molecule has 0 spiro atoms. The quantitative estimate of drug-likeness (QED) is 0.780. The van der Waals surface area contributed by atoms with Gasteiger partial charge in [0.2, 0.25) is 11.8 Å². The number of carbonyl (C=O) groups is 2. The number of piperidine rings is 1. The van der Waals surface area contributed by atoms with E-state index in [1.807, 2.05) is 0 Å². The standard InChI is InChI=1S/C14H20F2N2O2/c1-2-12(19)17-6-3-10-4-7-18(8-5-10)13(20)11-9-14(11,15)16/h2,10-11H,1,3-9H2,(H,17,19)/t11-/m1/s1. The summed E-state index contributed by atoms with van der Waals surface area (Å²) in [4.78, 5) is 24.3. The van der Waals surface area contributed by atoms with Crippen LogP contribution in [0.2, 0.25) is 0 Å². The van der Waals surface area contributed by atoms with Gasteiger partial charge in [0.05, 0.1) is 0 Å². The fourth-order valence-electron chi connectivity index (χ4n) is 2.62. The summed E-state index contributed by atoms with van der Waals surface area (Å²) in [6.45, 7) is 5.05. The van der Waals surface area contributed by atoms with Gasteiger partial charge in [-0.3, -0.25) is 9.59 Å². The molecule has 2 amide bonds. The number of rotatable bonds is 5. The van der Waals surface area contributed by atoms with Crippen LogP contribution in [0.15, 0.2) is 12.7 Å². The number of halogens is 2. The molecule has 1 atom stereocenters. The summed E-state index contributed by atoms with van der Waals surface area (Å²) in [6, 6.07) is 0. The second-order valence-electron chi connectivity index (χ2n) is 5.57. The molecular weight excluding hydrogens is 266 g/mol. The van der Waals surface area contributed by atoms with Crippen LogP contribution in [0.3, 0.4) is 0 Å². The summed E-state index contributed by atoms with van der Waals surface area (Å²) >= 11 is 0. The molecule has 112 valence electrons. The first kappa shape index (κ1) is 14.9. The van der Waals surface area contributed by atoms with Gasteiger partial charge in [0.25, 0.3) is 5.92 Å².